The third-order valence-electron chi connectivity index (χ3n) is 4.15. The molecule has 2 atom stereocenters. The Bertz CT molecular complexity index is 758. The Morgan fingerprint density at radius 1 is 1.03 bits per heavy atom. The number of alkyl carbamates (subject to hydrolysis) is 1. The van der Waals surface area contributed by atoms with E-state index in [0.717, 1.165) is 5.56 Å². The van der Waals surface area contributed by atoms with Crippen LogP contribution in [0.1, 0.15) is 53.0 Å². The van der Waals surface area contributed by atoms with Gasteiger partial charge in [0.05, 0.1) is 0 Å². The van der Waals surface area contributed by atoms with Crippen LogP contribution in [0.5, 0.6) is 0 Å². The molecule has 1 rings (SSSR count). The molecule has 0 bridgehead atoms. The Morgan fingerprint density at radius 3 is 2.16 bits per heavy atom. The minimum Gasteiger partial charge on any atom is -0.460 e. The highest BCUT2D eigenvalue weighted by molar-refractivity contribution is 5.91. The summed E-state index contributed by atoms with van der Waals surface area (Å²) in [4.78, 5) is 48.5. The van der Waals surface area contributed by atoms with Gasteiger partial charge in [-0.2, -0.15) is 0 Å². The van der Waals surface area contributed by atoms with Gasteiger partial charge in [-0.25, -0.2) is 4.79 Å². The van der Waals surface area contributed by atoms with E-state index >= 15 is 0 Å². The van der Waals surface area contributed by atoms with E-state index in [9.17, 15) is 19.2 Å². The van der Waals surface area contributed by atoms with Crippen LogP contribution in [0.3, 0.4) is 0 Å². The maximum Gasteiger partial charge on any atom is 0.408 e. The number of benzene rings is 1. The molecule has 9 heteroatoms. The van der Waals surface area contributed by atoms with Crippen molar-refractivity contribution < 1.29 is 28.7 Å². The third kappa shape index (κ3) is 10.5. The van der Waals surface area contributed by atoms with Crippen molar-refractivity contribution in [3.8, 4) is 0 Å². The van der Waals surface area contributed by atoms with Crippen LogP contribution in [0, 0.1) is 5.92 Å². The summed E-state index contributed by atoms with van der Waals surface area (Å²) in [6.07, 6.45) is -0.870. The van der Waals surface area contributed by atoms with Gasteiger partial charge in [0.15, 0.2) is 0 Å². The monoisotopic (exact) mass is 435 g/mol. The first kappa shape index (κ1) is 25.9. The molecule has 0 aliphatic carbocycles. The number of hydrogen-bond acceptors (Lipinski definition) is 6. The molecule has 3 amide bonds. The Hall–Kier alpha value is -3.10. The predicted molar refractivity (Wildman–Crippen MR) is 115 cm³/mol. The van der Waals surface area contributed by atoms with Gasteiger partial charge in [0, 0.05) is 6.42 Å². The molecule has 1 aromatic carbocycles. The van der Waals surface area contributed by atoms with Crippen molar-refractivity contribution in [3.05, 3.63) is 35.9 Å². The van der Waals surface area contributed by atoms with E-state index in [2.05, 4.69) is 10.6 Å². The average Bonchev–Trinajstić information content (AvgIpc) is 2.66. The molecule has 0 saturated carbocycles. The van der Waals surface area contributed by atoms with Crippen LogP contribution in [0.2, 0.25) is 0 Å². The van der Waals surface area contributed by atoms with Crippen LogP contribution in [0.4, 0.5) is 4.79 Å². The molecule has 0 unspecified atom stereocenters. The number of rotatable bonds is 10. The van der Waals surface area contributed by atoms with Crippen LogP contribution in [0.25, 0.3) is 0 Å². The van der Waals surface area contributed by atoms with Crippen LogP contribution >= 0.6 is 0 Å². The van der Waals surface area contributed by atoms with E-state index in [-0.39, 0.29) is 25.4 Å². The van der Waals surface area contributed by atoms with Crippen molar-refractivity contribution in [2.24, 2.45) is 11.7 Å². The zero-order chi connectivity index (χ0) is 23.6. The van der Waals surface area contributed by atoms with E-state index in [0.29, 0.717) is 0 Å². The minimum atomic E-state index is -1.08. The van der Waals surface area contributed by atoms with E-state index in [1.807, 2.05) is 30.3 Å². The second-order valence-electron chi connectivity index (χ2n) is 8.52. The second-order valence-corrected chi connectivity index (χ2v) is 8.52. The average molecular weight is 436 g/mol. The lowest BCUT2D eigenvalue weighted by Crippen LogP contribution is -2.54. The number of primary amides is 1. The topological polar surface area (TPSA) is 137 Å². The molecule has 31 heavy (non-hydrogen) atoms. The Labute approximate surface area is 183 Å². The Kier molecular flexibility index (Phi) is 9.98. The quantitative estimate of drug-likeness (QED) is 0.481. The van der Waals surface area contributed by atoms with Crippen molar-refractivity contribution in [1.29, 1.82) is 0 Å². The first-order valence-electron chi connectivity index (χ1n) is 10.2. The molecule has 4 N–H and O–H groups in total. The maximum absolute atomic E-state index is 12.7. The standard InChI is InChI=1S/C22H33N3O6/c1-14(2)18(25-21(29)30-13-15-9-7-6-8-10-15)20(28)24-16(19(23)27)11-12-17(26)31-22(3,4)5/h6-10,14,16,18H,11-13H2,1-5H3,(H2,23,27)(H,24,28)(H,25,29)/t16-,18+/m1/s1. The molecule has 0 radical (unpaired) electrons. The first-order valence-corrected chi connectivity index (χ1v) is 10.2. The van der Waals surface area contributed by atoms with Gasteiger partial charge in [0.2, 0.25) is 11.8 Å². The van der Waals surface area contributed by atoms with Crippen LogP contribution in [-0.4, -0.2) is 41.6 Å². The van der Waals surface area contributed by atoms with E-state index in [4.69, 9.17) is 15.2 Å². The summed E-state index contributed by atoms with van der Waals surface area (Å²) >= 11 is 0. The number of amides is 3. The highest BCUT2D eigenvalue weighted by atomic mass is 16.6. The molecule has 172 valence electrons. The van der Waals surface area contributed by atoms with E-state index in [1.54, 1.807) is 34.6 Å². The van der Waals surface area contributed by atoms with Crippen LogP contribution in [0.15, 0.2) is 30.3 Å². The van der Waals surface area contributed by atoms with Gasteiger partial charge in [0.1, 0.15) is 24.3 Å². The first-order chi connectivity index (χ1) is 14.4. The number of hydrogen-bond donors (Lipinski definition) is 3. The van der Waals surface area contributed by atoms with E-state index in [1.165, 1.54) is 0 Å². The molecule has 0 heterocycles. The molecule has 0 aliphatic heterocycles. The zero-order valence-electron chi connectivity index (χ0n) is 18.8. The Balaban J connectivity index is 2.65. The molecule has 0 aromatic heterocycles. The molecular weight excluding hydrogens is 402 g/mol. The number of nitrogens with one attached hydrogen (secondary N) is 2. The van der Waals surface area contributed by atoms with Crippen molar-refractivity contribution in [1.82, 2.24) is 10.6 Å². The predicted octanol–water partition coefficient (Wildman–Crippen LogP) is 2.03. The number of esters is 1. The van der Waals surface area contributed by atoms with Crippen LogP contribution < -0.4 is 16.4 Å². The maximum atomic E-state index is 12.7. The normalized spacial score (nSPS) is 13.1. The Morgan fingerprint density at radius 2 is 1.65 bits per heavy atom. The lowest BCUT2D eigenvalue weighted by molar-refractivity contribution is -0.155. The van der Waals surface area contributed by atoms with Crippen molar-refractivity contribution >= 4 is 23.9 Å². The zero-order valence-corrected chi connectivity index (χ0v) is 18.8. The van der Waals surface area contributed by atoms with Crippen LogP contribution in [-0.2, 0) is 30.5 Å². The minimum absolute atomic E-state index is 0.0146. The van der Waals surface area contributed by atoms with E-state index < -0.39 is 41.6 Å². The number of carbonyl (C=O) groups excluding carboxylic acids is 4. The molecule has 0 aliphatic rings. The number of nitrogens with two attached hydrogens (primary N) is 1. The fraction of sp³-hybridized carbons (Fsp3) is 0.545. The summed E-state index contributed by atoms with van der Waals surface area (Å²) in [5, 5.41) is 5.01. The summed E-state index contributed by atoms with van der Waals surface area (Å²) in [5.41, 5.74) is 5.52. The SMILES string of the molecule is CC(C)[C@H](NC(=O)OCc1ccccc1)C(=O)N[C@H](CCC(=O)OC(C)(C)C)C(N)=O. The number of ether oxygens (including phenoxy) is 2. The molecule has 0 saturated heterocycles. The molecule has 1 aromatic rings. The van der Waals surface area contributed by atoms with Gasteiger partial charge in [-0.15, -0.1) is 0 Å². The fourth-order valence-corrected chi connectivity index (χ4v) is 2.63. The largest absolute Gasteiger partial charge is 0.460 e. The number of carbonyl (C=O) groups is 4. The summed E-state index contributed by atoms with van der Waals surface area (Å²) in [7, 11) is 0. The molecular formula is C22H33N3O6. The van der Waals surface area contributed by atoms with Gasteiger partial charge in [0.25, 0.3) is 0 Å². The summed E-state index contributed by atoms with van der Waals surface area (Å²) in [6.45, 7) is 8.72. The second kappa shape index (κ2) is 11.9. The van der Waals surface area contributed by atoms with Gasteiger partial charge in [-0.05, 0) is 38.7 Å². The summed E-state index contributed by atoms with van der Waals surface area (Å²) in [6, 6.07) is 7.07. The molecule has 0 spiro atoms. The highest BCUT2D eigenvalue weighted by Gasteiger charge is 2.29. The van der Waals surface area contributed by atoms with Gasteiger partial charge >= 0.3 is 12.1 Å². The molecule has 0 fully saturated rings. The van der Waals surface area contributed by atoms with Crippen molar-refractivity contribution in [2.45, 2.75) is 71.8 Å². The fourth-order valence-electron chi connectivity index (χ4n) is 2.63. The smallest absolute Gasteiger partial charge is 0.408 e. The summed E-state index contributed by atoms with van der Waals surface area (Å²) < 4.78 is 10.4. The van der Waals surface area contributed by atoms with Crippen molar-refractivity contribution in [2.75, 3.05) is 0 Å². The van der Waals surface area contributed by atoms with Gasteiger partial charge < -0.3 is 25.8 Å². The lowest BCUT2D eigenvalue weighted by Gasteiger charge is -2.24. The summed E-state index contributed by atoms with van der Waals surface area (Å²) in [5.74, 6) is -2.18. The molecule has 9 nitrogen and oxygen atoms in total. The van der Waals surface area contributed by atoms with Gasteiger partial charge in [-0.1, -0.05) is 44.2 Å². The van der Waals surface area contributed by atoms with Crippen molar-refractivity contribution in [3.63, 3.8) is 0 Å². The highest BCUT2D eigenvalue weighted by Crippen LogP contribution is 2.11. The third-order valence-corrected chi connectivity index (χ3v) is 4.15. The van der Waals surface area contributed by atoms with Gasteiger partial charge in [-0.3, -0.25) is 14.4 Å². The lowest BCUT2D eigenvalue weighted by atomic mass is 10.0.